The summed E-state index contributed by atoms with van der Waals surface area (Å²) in [6.45, 7) is 12.0. The Morgan fingerprint density at radius 3 is 2.25 bits per heavy atom. The highest BCUT2D eigenvalue weighted by Crippen LogP contribution is 1.91. The van der Waals surface area contributed by atoms with Crippen LogP contribution in [-0.4, -0.2) is 0 Å². The highest BCUT2D eigenvalue weighted by Gasteiger charge is 1.86. The summed E-state index contributed by atoms with van der Waals surface area (Å²) in [7, 11) is 0. The Labute approximate surface area is 105 Å². The topological polar surface area (TPSA) is 0 Å². The van der Waals surface area contributed by atoms with Gasteiger partial charge >= 0.3 is 0 Å². The molecule has 0 N–H and O–H groups in total. The summed E-state index contributed by atoms with van der Waals surface area (Å²) in [5.41, 5.74) is 0. The van der Waals surface area contributed by atoms with Crippen molar-refractivity contribution >= 4 is 23.5 Å². The number of hydrogen-bond acceptors (Lipinski definition) is 1. The van der Waals surface area contributed by atoms with Crippen molar-refractivity contribution in [2.75, 3.05) is 0 Å². The minimum atomic E-state index is 1.07. The molecule has 0 bridgehead atoms. The molecule has 0 saturated heterocycles. The smallest absolute Gasteiger partial charge is 0.0339 e. The Bertz CT molecular complexity index is 355. The molecule has 0 aliphatic heterocycles. The maximum atomic E-state index is 2.26. The van der Waals surface area contributed by atoms with Crippen LogP contribution in [0.15, 0.2) is 23.6 Å². The highest BCUT2D eigenvalue weighted by molar-refractivity contribution is 7.07. The predicted molar refractivity (Wildman–Crippen MR) is 80.3 cm³/mol. The molecule has 0 atom stereocenters. The molecule has 2 rings (SSSR count). The van der Waals surface area contributed by atoms with Crippen LogP contribution >= 0.6 is 11.3 Å². The van der Waals surface area contributed by atoms with Gasteiger partial charge in [-0.25, -0.2) is 0 Å². The van der Waals surface area contributed by atoms with E-state index < -0.39 is 0 Å². The van der Waals surface area contributed by atoms with Crippen LogP contribution < -0.4 is 9.75 Å². The molecule has 1 aromatic heterocycles. The summed E-state index contributed by atoms with van der Waals surface area (Å²) >= 11 is 1.80. The van der Waals surface area contributed by atoms with Crippen LogP contribution in [0.5, 0.6) is 0 Å². The molecular weight excluding hydrogens is 212 g/mol. The predicted octanol–water partition coefficient (Wildman–Crippen LogP) is 4.35. The summed E-state index contributed by atoms with van der Waals surface area (Å²) in [6.07, 6.45) is 9.79. The maximum Gasteiger partial charge on any atom is 0.0339 e. The van der Waals surface area contributed by atoms with Gasteiger partial charge in [-0.2, -0.15) is 0 Å². The second-order valence-corrected chi connectivity index (χ2v) is 3.22. The van der Waals surface area contributed by atoms with E-state index in [1.54, 1.807) is 11.3 Å². The average Bonchev–Trinajstić information content (AvgIpc) is 2.73. The van der Waals surface area contributed by atoms with Crippen molar-refractivity contribution < 1.29 is 0 Å². The molecule has 0 spiro atoms. The van der Waals surface area contributed by atoms with Crippen LogP contribution in [0.25, 0.3) is 12.2 Å². The molecule has 0 unspecified atom stereocenters. The molecule has 1 heteroatoms. The Morgan fingerprint density at radius 2 is 1.62 bits per heavy atom. The van der Waals surface area contributed by atoms with E-state index in [2.05, 4.69) is 35.8 Å². The molecule has 1 heterocycles. The van der Waals surface area contributed by atoms with Crippen molar-refractivity contribution in [3.63, 3.8) is 0 Å². The van der Waals surface area contributed by atoms with Gasteiger partial charge in [0, 0.05) is 4.53 Å². The molecule has 0 nitrogen and oxygen atoms in total. The zero-order valence-corrected chi connectivity index (χ0v) is 12.4. The minimum Gasteiger partial charge on any atom is -0.144 e. The van der Waals surface area contributed by atoms with Crippen LogP contribution in [0, 0.1) is 0 Å². The van der Waals surface area contributed by atoms with Crippen molar-refractivity contribution in [2.24, 2.45) is 0 Å². The van der Waals surface area contributed by atoms with Crippen molar-refractivity contribution in [1.29, 1.82) is 0 Å². The second-order valence-electron chi connectivity index (χ2n) is 2.27. The van der Waals surface area contributed by atoms with Crippen molar-refractivity contribution in [3.05, 3.63) is 33.3 Å². The lowest BCUT2D eigenvalue weighted by molar-refractivity contribution is 1.48. The number of hydrogen-bond donors (Lipinski definition) is 0. The number of fused-ring (bicyclic) bond motifs is 1. The SMILES string of the molecule is C1=CCC=c2ccsc2=C1.CC.CC.CC. The van der Waals surface area contributed by atoms with E-state index in [1.807, 2.05) is 41.5 Å². The third kappa shape index (κ3) is 6.62. The molecule has 16 heavy (non-hydrogen) atoms. The molecule has 1 aromatic rings. The van der Waals surface area contributed by atoms with Gasteiger partial charge in [-0.05, 0) is 29.2 Å². The normalized spacial score (nSPS) is 10.4. The molecule has 1 aliphatic rings. The van der Waals surface area contributed by atoms with Crippen molar-refractivity contribution in [3.8, 4) is 0 Å². The quantitative estimate of drug-likeness (QED) is 0.630. The molecule has 0 radical (unpaired) electrons. The van der Waals surface area contributed by atoms with Gasteiger partial charge in [0.15, 0.2) is 0 Å². The highest BCUT2D eigenvalue weighted by atomic mass is 32.1. The summed E-state index contributed by atoms with van der Waals surface area (Å²) in [6, 6.07) is 2.17. The van der Waals surface area contributed by atoms with E-state index in [9.17, 15) is 0 Å². The van der Waals surface area contributed by atoms with Gasteiger partial charge < -0.3 is 0 Å². The fourth-order valence-electron chi connectivity index (χ4n) is 1.06. The molecular formula is C15H26S. The number of rotatable bonds is 0. The summed E-state index contributed by atoms with van der Waals surface area (Å²) in [5.74, 6) is 0. The fourth-order valence-corrected chi connectivity index (χ4v) is 1.87. The Morgan fingerprint density at radius 1 is 1.00 bits per heavy atom. The molecule has 1 aliphatic carbocycles. The van der Waals surface area contributed by atoms with Crippen LogP contribution in [-0.2, 0) is 0 Å². The molecule has 92 valence electrons. The summed E-state index contributed by atoms with van der Waals surface area (Å²) in [5, 5.41) is 3.52. The number of thiophene rings is 1. The fraction of sp³-hybridized carbons (Fsp3) is 0.467. The van der Waals surface area contributed by atoms with Crippen LogP contribution in [0.4, 0.5) is 0 Å². The van der Waals surface area contributed by atoms with E-state index in [-0.39, 0.29) is 0 Å². The number of allylic oxidation sites excluding steroid dienone is 2. The van der Waals surface area contributed by atoms with Gasteiger partial charge in [-0.3, -0.25) is 0 Å². The van der Waals surface area contributed by atoms with Gasteiger partial charge in [0.05, 0.1) is 0 Å². The van der Waals surface area contributed by atoms with Crippen molar-refractivity contribution in [2.45, 2.75) is 48.0 Å². The standard InChI is InChI=1S/C9H8S.3C2H6/c1-2-4-8-6-7-10-9(8)5-3-1;3*1-2/h1,3-7H,2H2;3*1-2H3. The first-order valence-corrected chi connectivity index (χ1v) is 7.25. The van der Waals surface area contributed by atoms with E-state index in [0.717, 1.165) is 6.42 Å². The first-order valence-electron chi connectivity index (χ1n) is 6.37. The molecule has 0 amide bonds. The zero-order chi connectivity index (χ0) is 12.8. The molecule has 0 aromatic carbocycles. The van der Waals surface area contributed by atoms with Crippen molar-refractivity contribution in [1.82, 2.24) is 0 Å². The van der Waals surface area contributed by atoms with Gasteiger partial charge in [0.1, 0.15) is 0 Å². The van der Waals surface area contributed by atoms with Gasteiger partial charge in [-0.15, -0.1) is 11.3 Å². The van der Waals surface area contributed by atoms with Crippen LogP contribution in [0.3, 0.4) is 0 Å². The minimum absolute atomic E-state index is 1.07. The first-order chi connectivity index (χ1) is 7.97. The zero-order valence-electron chi connectivity index (χ0n) is 11.6. The lowest BCUT2D eigenvalue weighted by Gasteiger charge is -1.73. The molecule has 0 saturated carbocycles. The van der Waals surface area contributed by atoms with Crippen LogP contribution in [0.2, 0.25) is 0 Å². The summed E-state index contributed by atoms with van der Waals surface area (Å²) < 4.78 is 1.38. The lowest BCUT2D eigenvalue weighted by Crippen LogP contribution is -2.15. The monoisotopic (exact) mass is 238 g/mol. The van der Waals surface area contributed by atoms with Crippen LogP contribution in [0.1, 0.15) is 48.0 Å². The molecule has 0 fully saturated rings. The summed E-state index contributed by atoms with van der Waals surface area (Å²) in [4.78, 5) is 0. The average molecular weight is 238 g/mol. The van der Waals surface area contributed by atoms with Gasteiger partial charge in [0.2, 0.25) is 0 Å². The third-order valence-corrected chi connectivity index (χ3v) is 2.48. The van der Waals surface area contributed by atoms with E-state index >= 15 is 0 Å². The third-order valence-electron chi connectivity index (χ3n) is 1.58. The van der Waals surface area contributed by atoms with E-state index in [1.165, 1.54) is 9.75 Å². The maximum absolute atomic E-state index is 2.26. The Hall–Kier alpha value is -0.820. The Kier molecular flexibility index (Phi) is 15.6. The second kappa shape index (κ2) is 14.2. The van der Waals surface area contributed by atoms with E-state index in [4.69, 9.17) is 0 Å². The lowest BCUT2D eigenvalue weighted by atomic mass is 10.3. The van der Waals surface area contributed by atoms with E-state index in [0.29, 0.717) is 0 Å². The Balaban J connectivity index is 0. The largest absolute Gasteiger partial charge is 0.144 e. The van der Waals surface area contributed by atoms with Gasteiger partial charge in [-0.1, -0.05) is 59.8 Å². The first kappa shape index (κ1) is 17.6. The van der Waals surface area contributed by atoms with Gasteiger partial charge in [0.25, 0.3) is 0 Å².